The Bertz CT molecular complexity index is 587. The van der Waals surface area contributed by atoms with Gasteiger partial charge in [-0.1, -0.05) is 13.8 Å². The maximum Gasteiger partial charge on any atom is 0.453 e. The van der Waals surface area contributed by atoms with Crippen LogP contribution in [-0.2, 0) is 9.31 Å². The molecule has 0 aromatic heterocycles. The Balaban J connectivity index is 1.42. The molecule has 4 saturated carbocycles. The molecular formula is C22H37BO4. The van der Waals surface area contributed by atoms with Crippen LogP contribution < -0.4 is 0 Å². The molecule has 10 atom stereocenters. The minimum absolute atomic E-state index is 0.0815. The van der Waals surface area contributed by atoms with E-state index in [1.807, 2.05) is 6.82 Å². The Hall–Kier alpha value is -0.0951. The van der Waals surface area contributed by atoms with Gasteiger partial charge >= 0.3 is 7.12 Å². The fraction of sp³-hybridized carbons (Fsp3) is 1.00. The van der Waals surface area contributed by atoms with Crippen molar-refractivity contribution in [2.75, 3.05) is 6.61 Å². The largest absolute Gasteiger partial charge is 0.453 e. The molecule has 5 fully saturated rings. The van der Waals surface area contributed by atoms with Crippen molar-refractivity contribution in [3.05, 3.63) is 0 Å². The van der Waals surface area contributed by atoms with Crippen LogP contribution in [0.2, 0.25) is 6.82 Å². The van der Waals surface area contributed by atoms with Crippen LogP contribution >= 0.6 is 0 Å². The molecule has 1 heterocycles. The third kappa shape index (κ3) is 2.71. The zero-order valence-corrected chi connectivity index (χ0v) is 17.3. The third-order valence-corrected chi connectivity index (χ3v) is 9.95. The summed E-state index contributed by atoms with van der Waals surface area (Å²) in [6.07, 6.45) is 8.71. The quantitative estimate of drug-likeness (QED) is 0.688. The van der Waals surface area contributed by atoms with Gasteiger partial charge in [-0.2, -0.15) is 0 Å². The molecular weight excluding hydrogens is 339 g/mol. The van der Waals surface area contributed by atoms with Crippen molar-refractivity contribution in [1.29, 1.82) is 0 Å². The van der Waals surface area contributed by atoms with Crippen molar-refractivity contribution < 1.29 is 19.5 Å². The molecule has 5 heteroatoms. The molecule has 152 valence electrons. The summed E-state index contributed by atoms with van der Waals surface area (Å²) in [6, 6.07) is 0. The van der Waals surface area contributed by atoms with Crippen LogP contribution in [0, 0.1) is 40.4 Å². The zero-order chi connectivity index (χ0) is 19.0. The maximum atomic E-state index is 11.5. The molecule has 0 amide bonds. The van der Waals surface area contributed by atoms with Gasteiger partial charge in [0, 0.05) is 0 Å². The fourth-order valence-corrected chi connectivity index (χ4v) is 8.78. The van der Waals surface area contributed by atoms with Gasteiger partial charge in [-0.3, -0.25) is 0 Å². The number of aliphatic hydroxyl groups is 2. The summed E-state index contributed by atoms with van der Waals surface area (Å²) in [6.45, 7) is 7.60. The van der Waals surface area contributed by atoms with Crippen LogP contribution in [0.3, 0.4) is 0 Å². The second-order valence-electron chi connectivity index (χ2n) is 11.0. The number of rotatable bonds is 1. The number of hydrogen-bond donors (Lipinski definition) is 2. The summed E-state index contributed by atoms with van der Waals surface area (Å²) in [5.74, 6) is 2.87. The van der Waals surface area contributed by atoms with Gasteiger partial charge in [0.1, 0.15) is 0 Å². The molecule has 1 saturated heterocycles. The molecule has 0 aromatic carbocycles. The average molecular weight is 376 g/mol. The Morgan fingerprint density at radius 1 is 0.963 bits per heavy atom. The van der Waals surface area contributed by atoms with E-state index in [4.69, 9.17) is 9.31 Å². The Labute approximate surface area is 164 Å². The van der Waals surface area contributed by atoms with Gasteiger partial charge in [0.25, 0.3) is 0 Å². The first-order valence-electron chi connectivity index (χ1n) is 11.5. The molecule has 5 unspecified atom stereocenters. The van der Waals surface area contributed by atoms with Crippen LogP contribution in [0.1, 0.15) is 65.2 Å². The SMILES string of the molecule is CB1OCC(C2CC[C@H]3[C@@H]4CCC5CC(O)CC[C@]5(C)[C@H]4C(O)C[C@]23C)O1. The van der Waals surface area contributed by atoms with E-state index in [0.29, 0.717) is 29.6 Å². The number of hydrogen-bond acceptors (Lipinski definition) is 4. The molecule has 0 radical (unpaired) electrons. The first kappa shape index (κ1) is 18.9. The summed E-state index contributed by atoms with van der Waals surface area (Å²) in [7, 11) is -0.0815. The molecule has 2 N–H and O–H groups in total. The third-order valence-electron chi connectivity index (χ3n) is 9.95. The van der Waals surface area contributed by atoms with Crippen molar-refractivity contribution in [1.82, 2.24) is 0 Å². The van der Waals surface area contributed by atoms with Gasteiger partial charge in [0.2, 0.25) is 0 Å². The Morgan fingerprint density at radius 3 is 2.48 bits per heavy atom. The van der Waals surface area contributed by atoms with E-state index in [9.17, 15) is 10.2 Å². The van der Waals surface area contributed by atoms with E-state index in [2.05, 4.69) is 13.8 Å². The maximum absolute atomic E-state index is 11.5. The minimum Gasteiger partial charge on any atom is -0.409 e. The van der Waals surface area contributed by atoms with Crippen molar-refractivity contribution in [2.24, 2.45) is 40.4 Å². The first-order chi connectivity index (χ1) is 12.8. The second-order valence-corrected chi connectivity index (χ2v) is 11.0. The van der Waals surface area contributed by atoms with E-state index >= 15 is 0 Å². The zero-order valence-electron chi connectivity index (χ0n) is 17.3. The molecule has 5 rings (SSSR count). The van der Waals surface area contributed by atoms with Crippen molar-refractivity contribution in [2.45, 2.75) is 90.3 Å². The van der Waals surface area contributed by atoms with E-state index in [1.165, 1.54) is 25.7 Å². The van der Waals surface area contributed by atoms with E-state index in [0.717, 1.165) is 32.3 Å². The van der Waals surface area contributed by atoms with E-state index in [-0.39, 0.29) is 36.3 Å². The van der Waals surface area contributed by atoms with Crippen LogP contribution in [-0.4, -0.2) is 42.3 Å². The first-order valence-corrected chi connectivity index (χ1v) is 11.5. The lowest BCUT2D eigenvalue weighted by molar-refractivity contribution is -0.181. The van der Waals surface area contributed by atoms with Gasteiger partial charge in [-0.05, 0) is 98.6 Å². The van der Waals surface area contributed by atoms with Crippen LogP contribution in [0.25, 0.3) is 0 Å². The van der Waals surface area contributed by atoms with E-state index < -0.39 is 0 Å². The summed E-state index contributed by atoms with van der Waals surface area (Å²) in [5, 5.41) is 21.7. The van der Waals surface area contributed by atoms with Crippen molar-refractivity contribution >= 4 is 7.12 Å². The Morgan fingerprint density at radius 2 is 1.74 bits per heavy atom. The van der Waals surface area contributed by atoms with Crippen molar-refractivity contribution in [3.8, 4) is 0 Å². The highest BCUT2D eigenvalue weighted by Gasteiger charge is 2.64. The van der Waals surface area contributed by atoms with Gasteiger partial charge in [0.15, 0.2) is 0 Å². The molecule has 5 aliphatic rings. The fourth-order valence-electron chi connectivity index (χ4n) is 8.78. The van der Waals surface area contributed by atoms with Crippen LogP contribution in [0.5, 0.6) is 0 Å². The lowest BCUT2D eigenvalue weighted by Gasteiger charge is -2.62. The molecule has 27 heavy (non-hydrogen) atoms. The van der Waals surface area contributed by atoms with E-state index in [1.54, 1.807) is 0 Å². The normalized spacial score (nSPS) is 57.9. The lowest BCUT2D eigenvalue weighted by atomic mass is 9.44. The predicted octanol–water partition coefficient (Wildman–Crippen LogP) is 3.51. The monoisotopic (exact) mass is 376 g/mol. The van der Waals surface area contributed by atoms with Crippen molar-refractivity contribution in [3.63, 3.8) is 0 Å². The molecule has 4 nitrogen and oxygen atoms in total. The summed E-state index contributed by atoms with van der Waals surface area (Å²) in [4.78, 5) is 0. The van der Waals surface area contributed by atoms with Gasteiger partial charge in [-0.25, -0.2) is 0 Å². The molecule has 1 aliphatic heterocycles. The molecule has 0 spiro atoms. The summed E-state index contributed by atoms with van der Waals surface area (Å²) < 4.78 is 11.8. The smallest absolute Gasteiger partial charge is 0.409 e. The average Bonchev–Trinajstić information content (AvgIpc) is 3.17. The van der Waals surface area contributed by atoms with Gasteiger partial charge < -0.3 is 19.5 Å². The lowest BCUT2D eigenvalue weighted by Crippen LogP contribution is -2.59. The molecule has 0 aromatic rings. The number of aliphatic hydroxyl groups excluding tert-OH is 2. The summed E-state index contributed by atoms with van der Waals surface area (Å²) >= 11 is 0. The highest BCUT2D eigenvalue weighted by Crippen LogP contribution is 2.68. The number of fused-ring (bicyclic) bond motifs is 5. The van der Waals surface area contributed by atoms with Crippen LogP contribution in [0.15, 0.2) is 0 Å². The second kappa shape index (κ2) is 6.45. The van der Waals surface area contributed by atoms with Gasteiger partial charge in [0.05, 0.1) is 24.9 Å². The van der Waals surface area contributed by atoms with Gasteiger partial charge in [-0.15, -0.1) is 0 Å². The Kier molecular flexibility index (Phi) is 4.52. The summed E-state index contributed by atoms with van der Waals surface area (Å²) in [5.41, 5.74) is 0.387. The predicted molar refractivity (Wildman–Crippen MR) is 105 cm³/mol. The highest BCUT2D eigenvalue weighted by atomic mass is 16.6. The van der Waals surface area contributed by atoms with Crippen LogP contribution in [0.4, 0.5) is 0 Å². The molecule has 4 aliphatic carbocycles. The highest BCUT2D eigenvalue weighted by molar-refractivity contribution is 6.43. The topological polar surface area (TPSA) is 58.9 Å². The standard InChI is InChI=1S/C22H37BO4/c1-21-9-8-14(24)10-13(21)4-5-15-16-6-7-17(19-12-26-23(3)27-19)22(16,2)11-18(25)20(15)21/h13-20,24-25H,4-12H2,1-3H3/t13?,14?,15-,16-,17?,18?,19?,20+,21-,22-/m0/s1. The molecule has 0 bridgehead atoms. The minimum atomic E-state index is -0.209.